The number of hydroxylamine groups is 1. The van der Waals surface area contributed by atoms with Crippen LogP contribution in [0.1, 0.15) is 28.6 Å². The second-order valence-electron chi connectivity index (χ2n) is 7.84. The SMILES string of the molecule is COc1cccc(-c2cc(F)ccc2[C@H]2Cc3nc(N)nc(C)c3C(NOC[C@H](N)CO)=N2)n1. The molecule has 178 valence electrons. The fourth-order valence-corrected chi connectivity index (χ4v) is 3.81. The molecule has 2 aromatic heterocycles. The summed E-state index contributed by atoms with van der Waals surface area (Å²) in [6, 6.07) is 8.78. The van der Waals surface area contributed by atoms with E-state index in [1.807, 2.05) is 0 Å². The molecule has 3 heterocycles. The number of nitrogens with zero attached hydrogens (tertiary/aromatic N) is 4. The minimum atomic E-state index is -0.557. The summed E-state index contributed by atoms with van der Waals surface area (Å²) in [6.45, 7) is 1.63. The summed E-state index contributed by atoms with van der Waals surface area (Å²) >= 11 is 0. The summed E-state index contributed by atoms with van der Waals surface area (Å²) in [5.74, 6) is 0.555. The highest BCUT2D eigenvalue weighted by Crippen LogP contribution is 2.36. The van der Waals surface area contributed by atoms with Gasteiger partial charge >= 0.3 is 0 Å². The first kappa shape index (κ1) is 23.5. The van der Waals surface area contributed by atoms with Gasteiger partial charge in [0.1, 0.15) is 5.82 Å². The zero-order valence-electron chi connectivity index (χ0n) is 18.8. The molecule has 0 amide bonds. The van der Waals surface area contributed by atoms with Crippen LogP contribution in [-0.4, -0.2) is 52.3 Å². The minimum absolute atomic E-state index is 0.0555. The number of aliphatic hydroxyl groups excluding tert-OH is 1. The fourth-order valence-electron chi connectivity index (χ4n) is 3.81. The highest BCUT2D eigenvalue weighted by atomic mass is 19.1. The van der Waals surface area contributed by atoms with Gasteiger partial charge in [-0.15, -0.1) is 0 Å². The Bertz CT molecular complexity index is 1220. The molecule has 1 aliphatic heterocycles. The Hall–Kier alpha value is -3.67. The number of pyridine rings is 1. The third kappa shape index (κ3) is 4.96. The van der Waals surface area contributed by atoms with E-state index in [4.69, 9.17) is 31.1 Å². The fraction of sp³-hybridized carbons (Fsp3) is 0.304. The number of methoxy groups -OCH3 is 1. The van der Waals surface area contributed by atoms with Crippen molar-refractivity contribution < 1.29 is 19.1 Å². The van der Waals surface area contributed by atoms with E-state index < -0.39 is 17.9 Å². The van der Waals surface area contributed by atoms with E-state index in [1.165, 1.54) is 19.2 Å². The third-order valence-corrected chi connectivity index (χ3v) is 5.37. The van der Waals surface area contributed by atoms with Crippen LogP contribution in [0.2, 0.25) is 0 Å². The van der Waals surface area contributed by atoms with Crippen LogP contribution in [0.3, 0.4) is 0 Å². The predicted molar refractivity (Wildman–Crippen MR) is 124 cm³/mol. The topological polar surface area (TPSA) is 154 Å². The van der Waals surface area contributed by atoms with E-state index >= 15 is 0 Å². The number of nitrogen functional groups attached to an aromatic ring is 1. The van der Waals surface area contributed by atoms with Crippen molar-refractivity contribution in [1.29, 1.82) is 0 Å². The van der Waals surface area contributed by atoms with Crippen molar-refractivity contribution >= 4 is 11.8 Å². The number of aryl methyl sites for hydroxylation is 1. The van der Waals surface area contributed by atoms with Crippen LogP contribution in [0.4, 0.5) is 10.3 Å². The van der Waals surface area contributed by atoms with Crippen molar-refractivity contribution in [2.75, 3.05) is 26.1 Å². The predicted octanol–water partition coefficient (Wildman–Crippen LogP) is 1.46. The van der Waals surface area contributed by atoms with Gasteiger partial charge in [-0.25, -0.2) is 24.8 Å². The van der Waals surface area contributed by atoms with Crippen molar-refractivity contribution in [3.63, 3.8) is 0 Å². The Kier molecular flexibility index (Phi) is 6.96. The number of benzene rings is 1. The molecular weight excluding hydrogens is 441 g/mol. The number of ether oxygens (including phenoxy) is 1. The van der Waals surface area contributed by atoms with Gasteiger partial charge in [0.25, 0.3) is 0 Å². The molecule has 3 aromatic rings. The maximum absolute atomic E-state index is 14.3. The van der Waals surface area contributed by atoms with Crippen molar-refractivity contribution in [3.05, 3.63) is 64.7 Å². The number of anilines is 1. The van der Waals surface area contributed by atoms with Gasteiger partial charge < -0.3 is 21.3 Å². The Morgan fingerprint density at radius 2 is 2.06 bits per heavy atom. The van der Waals surface area contributed by atoms with Gasteiger partial charge in [-0.3, -0.25) is 9.83 Å². The highest BCUT2D eigenvalue weighted by Gasteiger charge is 2.28. The number of halogens is 1. The Balaban J connectivity index is 1.77. The van der Waals surface area contributed by atoms with E-state index in [2.05, 4.69) is 20.4 Å². The maximum Gasteiger partial charge on any atom is 0.220 e. The first-order valence-electron chi connectivity index (χ1n) is 10.7. The molecule has 1 aromatic carbocycles. The van der Waals surface area contributed by atoms with Gasteiger partial charge in [0.05, 0.1) is 55.1 Å². The molecule has 0 bridgehead atoms. The molecular formula is C23H26FN7O3. The lowest BCUT2D eigenvalue weighted by atomic mass is 9.91. The molecule has 1 aliphatic rings. The van der Waals surface area contributed by atoms with Crippen molar-refractivity contribution in [2.24, 2.45) is 10.7 Å². The van der Waals surface area contributed by atoms with Gasteiger partial charge in [-0.05, 0) is 30.7 Å². The molecule has 34 heavy (non-hydrogen) atoms. The first-order chi connectivity index (χ1) is 16.4. The van der Waals surface area contributed by atoms with E-state index in [0.717, 1.165) is 5.56 Å². The molecule has 0 radical (unpaired) electrons. The summed E-state index contributed by atoms with van der Waals surface area (Å²) in [5, 5.41) is 9.15. The van der Waals surface area contributed by atoms with E-state index in [9.17, 15) is 4.39 Å². The number of nitrogens with one attached hydrogen (secondary N) is 1. The molecule has 0 unspecified atom stereocenters. The molecule has 2 atom stereocenters. The van der Waals surface area contributed by atoms with Crippen LogP contribution >= 0.6 is 0 Å². The van der Waals surface area contributed by atoms with Crippen LogP contribution in [0.15, 0.2) is 41.4 Å². The number of rotatable bonds is 7. The van der Waals surface area contributed by atoms with Gasteiger partial charge in [0.2, 0.25) is 11.8 Å². The average Bonchev–Trinajstić information content (AvgIpc) is 2.83. The van der Waals surface area contributed by atoms with Gasteiger partial charge in [0.15, 0.2) is 5.84 Å². The van der Waals surface area contributed by atoms with Crippen LogP contribution in [-0.2, 0) is 11.3 Å². The summed E-state index contributed by atoms with van der Waals surface area (Å²) in [5.41, 5.74) is 18.3. The number of fused-ring (bicyclic) bond motifs is 1. The lowest BCUT2D eigenvalue weighted by Crippen LogP contribution is -2.37. The lowest BCUT2D eigenvalue weighted by molar-refractivity contribution is 0.0602. The zero-order valence-corrected chi connectivity index (χ0v) is 18.8. The van der Waals surface area contributed by atoms with Gasteiger partial charge in [-0.1, -0.05) is 12.1 Å². The quantitative estimate of drug-likeness (QED) is 0.378. The summed E-state index contributed by atoms with van der Waals surface area (Å²) in [6.07, 6.45) is 0.410. The summed E-state index contributed by atoms with van der Waals surface area (Å²) in [4.78, 5) is 23.4. The second-order valence-corrected chi connectivity index (χ2v) is 7.84. The van der Waals surface area contributed by atoms with Crippen LogP contribution < -0.4 is 21.7 Å². The maximum atomic E-state index is 14.3. The molecule has 0 saturated carbocycles. The Labute approximate surface area is 195 Å². The molecule has 0 saturated heterocycles. The van der Waals surface area contributed by atoms with E-state index in [0.29, 0.717) is 46.3 Å². The molecule has 0 aliphatic carbocycles. The Morgan fingerprint density at radius 3 is 2.82 bits per heavy atom. The lowest BCUT2D eigenvalue weighted by Gasteiger charge is -2.26. The number of hydrogen-bond acceptors (Lipinski definition) is 10. The number of aliphatic imine (C=N–C) groups is 1. The van der Waals surface area contributed by atoms with Crippen molar-refractivity contribution in [1.82, 2.24) is 20.4 Å². The van der Waals surface area contributed by atoms with E-state index in [1.54, 1.807) is 31.2 Å². The summed E-state index contributed by atoms with van der Waals surface area (Å²) < 4.78 is 19.5. The largest absolute Gasteiger partial charge is 0.481 e. The van der Waals surface area contributed by atoms with Gasteiger partial charge in [-0.2, -0.15) is 0 Å². The van der Waals surface area contributed by atoms with E-state index in [-0.39, 0.29) is 19.2 Å². The highest BCUT2D eigenvalue weighted by molar-refractivity contribution is 6.01. The first-order valence-corrected chi connectivity index (χ1v) is 10.7. The zero-order chi connectivity index (χ0) is 24.2. The molecule has 11 heteroatoms. The third-order valence-electron chi connectivity index (χ3n) is 5.37. The molecule has 0 fully saturated rings. The van der Waals surface area contributed by atoms with Crippen molar-refractivity contribution in [2.45, 2.75) is 25.4 Å². The standard InChI is InChI=1S/C23H26FN7O3/c1-12-21-19(30-23(26)27-12)9-18(29-22(21)31-34-11-14(25)10-32)15-7-6-13(24)8-16(15)17-4-3-5-20(28-17)33-2/h3-8,14,18,32H,9-11,25H2,1-2H3,(H,29,31)(H2,26,27,30)/t14-,18-/m1/s1. The molecule has 0 spiro atoms. The number of hydrogen-bond donors (Lipinski definition) is 4. The summed E-state index contributed by atoms with van der Waals surface area (Å²) in [7, 11) is 1.52. The van der Waals surface area contributed by atoms with Crippen LogP contribution in [0.25, 0.3) is 11.3 Å². The molecule has 10 nitrogen and oxygen atoms in total. The monoisotopic (exact) mass is 467 g/mol. The number of aliphatic hydroxyl groups is 1. The number of nitrogens with two attached hydrogens (primary N) is 2. The average molecular weight is 468 g/mol. The molecule has 6 N–H and O–H groups in total. The van der Waals surface area contributed by atoms with Gasteiger partial charge in [0, 0.05) is 18.1 Å². The smallest absolute Gasteiger partial charge is 0.220 e. The second kappa shape index (κ2) is 10.1. The van der Waals surface area contributed by atoms with Crippen LogP contribution in [0, 0.1) is 12.7 Å². The number of amidine groups is 1. The Morgan fingerprint density at radius 1 is 1.24 bits per heavy atom. The minimum Gasteiger partial charge on any atom is -0.481 e. The van der Waals surface area contributed by atoms with Crippen LogP contribution in [0.5, 0.6) is 5.88 Å². The normalized spacial score (nSPS) is 15.9. The van der Waals surface area contributed by atoms with Crippen molar-refractivity contribution in [3.8, 4) is 17.1 Å². The number of aromatic nitrogens is 3. The molecule has 4 rings (SSSR count).